The van der Waals surface area contributed by atoms with Crippen LogP contribution in [0, 0.1) is 5.92 Å². The molecule has 8 nitrogen and oxygen atoms in total. The minimum absolute atomic E-state index is 0.0780. The predicted molar refractivity (Wildman–Crippen MR) is 158 cm³/mol. The molecule has 1 aliphatic carbocycles. The zero-order chi connectivity index (χ0) is 28.8. The first-order valence-corrected chi connectivity index (χ1v) is 15.4. The molecule has 222 valence electrons. The van der Waals surface area contributed by atoms with Gasteiger partial charge in [0.1, 0.15) is 28.8 Å². The number of hydrogen-bond acceptors (Lipinski definition) is 6. The van der Waals surface area contributed by atoms with Crippen LogP contribution in [0.1, 0.15) is 70.3 Å². The van der Waals surface area contributed by atoms with E-state index in [1.807, 2.05) is 41.3 Å². The quantitative estimate of drug-likeness (QED) is 0.428. The third-order valence-electron chi connectivity index (χ3n) is 9.26. The van der Waals surface area contributed by atoms with Gasteiger partial charge in [-0.3, -0.25) is 14.5 Å². The van der Waals surface area contributed by atoms with E-state index in [9.17, 15) is 14.7 Å². The molecule has 2 aromatic carbocycles. The number of aliphatic hydroxyl groups is 1. The normalized spacial score (nSPS) is 22.4. The Bertz CT molecular complexity index is 1170. The summed E-state index contributed by atoms with van der Waals surface area (Å²) in [6, 6.07) is 14.8. The zero-order valence-corrected chi connectivity index (χ0v) is 24.5. The second-order valence-corrected chi connectivity index (χ2v) is 11.9. The summed E-state index contributed by atoms with van der Waals surface area (Å²) in [5, 5.41) is 14.2. The molecule has 0 bridgehead atoms. The van der Waals surface area contributed by atoms with Gasteiger partial charge in [-0.15, -0.1) is 0 Å². The molecular formula is C33H45N3O5. The average Bonchev–Trinajstić information content (AvgIpc) is 3.01. The van der Waals surface area contributed by atoms with Crippen LogP contribution in [0.3, 0.4) is 0 Å². The first-order chi connectivity index (χ1) is 19.9. The van der Waals surface area contributed by atoms with E-state index in [4.69, 9.17) is 9.47 Å². The standard InChI is InChI=1S/C33H45N3O5/c1-3-4-19-36-31(38)29(30(37)25-9-6-5-7-10-25)34-32(39)33(36)17-20-35(21-18-33)23-24-13-15-26(16-14-24)41-28-12-8-11-27(22-28)40-2/h8,11-16,22,25,29-30,37H,3-7,9-10,17-21,23H2,1-2H3,(H,34,39). The van der Waals surface area contributed by atoms with Gasteiger partial charge in [0.25, 0.3) is 0 Å². The maximum Gasteiger partial charge on any atom is 0.248 e. The van der Waals surface area contributed by atoms with E-state index in [0.717, 1.165) is 75.4 Å². The van der Waals surface area contributed by atoms with Crippen LogP contribution in [0.5, 0.6) is 17.2 Å². The van der Waals surface area contributed by atoms with Crippen molar-refractivity contribution in [2.24, 2.45) is 5.92 Å². The van der Waals surface area contributed by atoms with Crippen molar-refractivity contribution in [1.29, 1.82) is 0 Å². The van der Waals surface area contributed by atoms with Gasteiger partial charge in [0.2, 0.25) is 11.8 Å². The highest BCUT2D eigenvalue weighted by atomic mass is 16.5. The summed E-state index contributed by atoms with van der Waals surface area (Å²) in [6.07, 6.45) is 7.34. The third kappa shape index (κ3) is 6.54. The summed E-state index contributed by atoms with van der Waals surface area (Å²) in [7, 11) is 1.64. The monoisotopic (exact) mass is 563 g/mol. The highest BCUT2D eigenvalue weighted by Gasteiger charge is 2.55. The Morgan fingerprint density at radius 2 is 1.71 bits per heavy atom. The number of carbonyl (C=O) groups is 2. The number of rotatable bonds is 10. The van der Waals surface area contributed by atoms with Gasteiger partial charge in [-0.25, -0.2) is 0 Å². The van der Waals surface area contributed by atoms with Gasteiger partial charge in [0.15, 0.2) is 0 Å². The Kier molecular flexibility index (Phi) is 9.50. The molecule has 2 aromatic rings. The van der Waals surface area contributed by atoms with Crippen molar-refractivity contribution >= 4 is 11.8 Å². The van der Waals surface area contributed by atoms with Crippen molar-refractivity contribution in [1.82, 2.24) is 15.1 Å². The van der Waals surface area contributed by atoms with Gasteiger partial charge in [-0.05, 0) is 67.9 Å². The van der Waals surface area contributed by atoms with Crippen LogP contribution in [0.15, 0.2) is 48.5 Å². The number of carbonyl (C=O) groups excluding carboxylic acids is 2. The van der Waals surface area contributed by atoms with E-state index in [1.54, 1.807) is 7.11 Å². The molecule has 2 amide bonds. The lowest BCUT2D eigenvalue weighted by molar-refractivity contribution is -0.166. The fraction of sp³-hybridized carbons (Fsp3) is 0.576. The number of piperidine rings is 1. The molecule has 5 rings (SSSR count). The first-order valence-electron chi connectivity index (χ1n) is 15.4. The summed E-state index contributed by atoms with van der Waals surface area (Å²) in [4.78, 5) is 31.7. The molecule has 8 heteroatoms. The van der Waals surface area contributed by atoms with Crippen LogP contribution in [0.2, 0.25) is 0 Å². The number of unbranched alkanes of at least 4 members (excludes halogenated alkanes) is 1. The molecule has 2 atom stereocenters. The number of hydrogen-bond donors (Lipinski definition) is 2. The van der Waals surface area contributed by atoms with Crippen molar-refractivity contribution < 1.29 is 24.2 Å². The van der Waals surface area contributed by atoms with Gasteiger partial charge in [-0.1, -0.05) is 50.8 Å². The molecule has 3 aliphatic rings. The van der Waals surface area contributed by atoms with Crippen LogP contribution >= 0.6 is 0 Å². The Labute approximate surface area is 244 Å². The third-order valence-corrected chi connectivity index (χ3v) is 9.26. The summed E-state index contributed by atoms with van der Waals surface area (Å²) in [5.74, 6) is 2.12. The summed E-state index contributed by atoms with van der Waals surface area (Å²) >= 11 is 0. The number of methoxy groups -OCH3 is 1. The summed E-state index contributed by atoms with van der Waals surface area (Å²) < 4.78 is 11.3. The number of piperazine rings is 1. The second-order valence-electron chi connectivity index (χ2n) is 11.9. The number of amides is 2. The van der Waals surface area contributed by atoms with Gasteiger partial charge < -0.3 is 24.8 Å². The van der Waals surface area contributed by atoms with Gasteiger partial charge in [0.05, 0.1) is 13.2 Å². The van der Waals surface area contributed by atoms with Crippen molar-refractivity contribution in [3.8, 4) is 17.2 Å². The van der Waals surface area contributed by atoms with Gasteiger partial charge in [-0.2, -0.15) is 0 Å². The molecule has 41 heavy (non-hydrogen) atoms. The molecule has 2 N–H and O–H groups in total. The zero-order valence-electron chi connectivity index (χ0n) is 24.5. The molecule has 1 saturated carbocycles. The summed E-state index contributed by atoms with van der Waals surface area (Å²) in [5.41, 5.74) is 0.335. The number of nitrogens with zero attached hydrogens (tertiary/aromatic N) is 2. The van der Waals surface area contributed by atoms with E-state index in [-0.39, 0.29) is 17.7 Å². The number of nitrogens with one attached hydrogen (secondary N) is 1. The molecule has 2 aliphatic heterocycles. The lowest BCUT2D eigenvalue weighted by atomic mass is 9.78. The van der Waals surface area contributed by atoms with Crippen molar-refractivity contribution in [3.63, 3.8) is 0 Å². The summed E-state index contributed by atoms with van der Waals surface area (Å²) in [6.45, 7) is 4.88. The molecule has 0 aromatic heterocycles. The maximum absolute atomic E-state index is 13.8. The molecule has 0 radical (unpaired) electrons. The lowest BCUT2D eigenvalue weighted by Crippen LogP contribution is -2.75. The van der Waals surface area contributed by atoms with Crippen molar-refractivity contribution in [2.75, 3.05) is 26.7 Å². The maximum atomic E-state index is 13.8. The van der Waals surface area contributed by atoms with Crippen molar-refractivity contribution in [3.05, 3.63) is 54.1 Å². The highest BCUT2D eigenvalue weighted by Crippen LogP contribution is 2.36. The van der Waals surface area contributed by atoms with Crippen LogP contribution in [-0.2, 0) is 16.1 Å². The van der Waals surface area contributed by atoms with Crippen LogP contribution < -0.4 is 14.8 Å². The van der Waals surface area contributed by atoms with E-state index in [0.29, 0.717) is 19.4 Å². The van der Waals surface area contributed by atoms with E-state index in [2.05, 4.69) is 29.3 Å². The van der Waals surface area contributed by atoms with Crippen molar-refractivity contribution in [2.45, 2.75) is 88.9 Å². The van der Waals surface area contributed by atoms with E-state index >= 15 is 0 Å². The average molecular weight is 564 g/mol. The van der Waals surface area contributed by atoms with E-state index < -0.39 is 17.7 Å². The Morgan fingerprint density at radius 3 is 2.39 bits per heavy atom. The largest absolute Gasteiger partial charge is 0.497 e. The molecule has 1 spiro atoms. The first kappa shape index (κ1) is 29.4. The van der Waals surface area contributed by atoms with Gasteiger partial charge in [0, 0.05) is 32.2 Å². The minimum atomic E-state index is -0.833. The van der Waals surface area contributed by atoms with Crippen LogP contribution in [0.4, 0.5) is 0 Å². The minimum Gasteiger partial charge on any atom is -0.497 e. The fourth-order valence-electron chi connectivity index (χ4n) is 6.76. The second kappa shape index (κ2) is 13.3. The number of benzene rings is 2. The number of aliphatic hydroxyl groups excluding tert-OH is 1. The van der Waals surface area contributed by atoms with Gasteiger partial charge >= 0.3 is 0 Å². The predicted octanol–water partition coefficient (Wildman–Crippen LogP) is 4.89. The number of ether oxygens (including phenoxy) is 2. The Morgan fingerprint density at radius 1 is 1.00 bits per heavy atom. The molecular weight excluding hydrogens is 518 g/mol. The smallest absolute Gasteiger partial charge is 0.248 e. The molecule has 3 fully saturated rings. The Balaban J connectivity index is 1.21. The van der Waals surface area contributed by atoms with E-state index in [1.165, 1.54) is 12.0 Å². The number of likely N-dealkylation sites (tertiary alicyclic amines) is 1. The van der Waals surface area contributed by atoms with Crippen LogP contribution in [0.25, 0.3) is 0 Å². The highest BCUT2D eigenvalue weighted by molar-refractivity contribution is 6.00. The SMILES string of the molecule is CCCCN1C(=O)C(C(O)C2CCCCC2)NC(=O)C12CCN(Cc1ccc(Oc3cccc(OC)c3)cc1)CC2. The molecule has 2 heterocycles. The topological polar surface area (TPSA) is 91.3 Å². The molecule has 2 saturated heterocycles. The molecule has 2 unspecified atom stereocenters. The fourth-order valence-corrected chi connectivity index (χ4v) is 6.76. The Hall–Kier alpha value is -3.10. The van der Waals surface area contributed by atoms with Crippen LogP contribution in [-0.4, -0.2) is 71.1 Å². The lowest BCUT2D eigenvalue weighted by Gasteiger charge is -2.52.